The fourth-order valence-electron chi connectivity index (χ4n) is 0.785. The molecule has 1 aromatic rings. The maximum absolute atomic E-state index is 11.3. The average Bonchev–Trinajstić information content (AvgIpc) is 2.15. The van der Waals surface area contributed by atoms with Gasteiger partial charge in [-0.3, -0.25) is 15.2 Å². The SMILES string of the molecule is CC(C)NNC(=O)c1ccncc1.Cl. The Bertz CT molecular complexity index is 277. The van der Waals surface area contributed by atoms with Crippen LogP contribution in [0.2, 0.25) is 0 Å². The van der Waals surface area contributed by atoms with E-state index in [1.165, 1.54) is 0 Å². The van der Waals surface area contributed by atoms with Crippen LogP contribution in [0.5, 0.6) is 0 Å². The first kappa shape index (κ1) is 12.9. The molecule has 1 heterocycles. The highest BCUT2D eigenvalue weighted by atomic mass is 35.5. The first-order valence-electron chi connectivity index (χ1n) is 4.16. The molecule has 0 aliphatic carbocycles. The van der Waals surface area contributed by atoms with Crippen molar-refractivity contribution in [1.82, 2.24) is 15.8 Å². The topological polar surface area (TPSA) is 54.0 Å². The van der Waals surface area contributed by atoms with E-state index in [9.17, 15) is 4.79 Å². The molecule has 1 aromatic heterocycles. The predicted molar refractivity (Wildman–Crippen MR) is 57.2 cm³/mol. The van der Waals surface area contributed by atoms with Crippen LogP contribution in [0.25, 0.3) is 0 Å². The highest BCUT2D eigenvalue weighted by Gasteiger charge is 2.03. The van der Waals surface area contributed by atoms with Gasteiger partial charge in [0, 0.05) is 24.0 Å². The van der Waals surface area contributed by atoms with Crippen LogP contribution in [0.15, 0.2) is 24.5 Å². The van der Waals surface area contributed by atoms with Gasteiger partial charge in [-0.25, -0.2) is 5.43 Å². The largest absolute Gasteiger partial charge is 0.287 e. The Morgan fingerprint density at radius 3 is 2.43 bits per heavy atom. The number of carbonyl (C=O) groups excluding carboxylic acids is 1. The zero-order valence-corrected chi connectivity index (χ0v) is 8.97. The molecule has 0 aliphatic heterocycles. The molecule has 4 nitrogen and oxygen atoms in total. The summed E-state index contributed by atoms with van der Waals surface area (Å²) in [5.74, 6) is -0.142. The molecule has 0 unspecified atom stereocenters. The van der Waals surface area contributed by atoms with Gasteiger partial charge >= 0.3 is 0 Å². The number of aromatic nitrogens is 1. The van der Waals surface area contributed by atoms with Crippen LogP contribution in [0.4, 0.5) is 0 Å². The molecule has 0 saturated carbocycles. The lowest BCUT2D eigenvalue weighted by Gasteiger charge is -2.09. The van der Waals surface area contributed by atoms with E-state index in [2.05, 4.69) is 15.8 Å². The van der Waals surface area contributed by atoms with Crippen LogP contribution in [0.3, 0.4) is 0 Å². The second-order valence-corrected chi connectivity index (χ2v) is 2.99. The Labute approximate surface area is 89.5 Å². The lowest BCUT2D eigenvalue weighted by atomic mass is 10.2. The van der Waals surface area contributed by atoms with Crippen LogP contribution < -0.4 is 10.9 Å². The molecule has 1 amide bonds. The van der Waals surface area contributed by atoms with Crippen LogP contribution in [0, 0.1) is 0 Å². The molecule has 78 valence electrons. The van der Waals surface area contributed by atoms with E-state index < -0.39 is 0 Å². The Morgan fingerprint density at radius 1 is 1.36 bits per heavy atom. The maximum atomic E-state index is 11.3. The summed E-state index contributed by atoms with van der Waals surface area (Å²) in [4.78, 5) is 15.2. The van der Waals surface area contributed by atoms with Crippen molar-refractivity contribution in [1.29, 1.82) is 0 Å². The van der Waals surface area contributed by atoms with Gasteiger partial charge in [-0.15, -0.1) is 12.4 Å². The maximum Gasteiger partial charge on any atom is 0.265 e. The smallest absolute Gasteiger partial charge is 0.265 e. The molecule has 0 fully saturated rings. The van der Waals surface area contributed by atoms with Gasteiger partial charge in [0.15, 0.2) is 0 Å². The third-order valence-corrected chi connectivity index (χ3v) is 1.42. The van der Waals surface area contributed by atoms with E-state index in [0.29, 0.717) is 5.56 Å². The van der Waals surface area contributed by atoms with E-state index in [1.54, 1.807) is 24.5 Å². The average molecular weight is 216 g/mol. The predicted octanol–water partition coefficient (Wildman–Crippen LogP) is 1.15. The van der Waals surface area contributed by atoms with Gasteiger partial charge in [-0.1, -0.05) is 0 Å². The minimum Gasteiger partial charge on any atom is -0.287 e. The fraction of sp³-hybridized carbons (Fsp3) is 0.333. The molecular formula is C9H14ClN3O. The van der Waals surface area contributed by atoms with E-state index in [4.69, 9.17) is 0 Å². The van der Waals surface area contributed by atoms with Crippen molar-refractivity contribution in [3.63, 3.8) is 0 Å². The third-order valence-electron chi connectivity index (χ3n) is 1.42. The summed E-state index contributed by atoms with van der Waals surface area (Å²) in [5.41, 5.74) is 6.01. The number of amides is 1. The van der Waals surface area contributed by atoms with E-state index in [0.717, 1.165) is 0 Å². The summed E-state index contributed by atoms with van der Waals surface area (Å²) >= 11 is 0. The monoisotopic (exact) mass is 215 g/mol. The van der Waals surface area contributed by atoms with E-state index in [1.807, 2.05) is 13.8 Å². The van der Waals surface area contributed by atoms with Gasteiger partial charge in [0.2, 0.25) is 0 Å². The van der Waals surface area contributed by atoms with Crippen LogP contribution >= 0.6 is 12.4 Å². The number of halogens is 1. The standard InChI is InChI=1S/C9H13N3O.ClH/c1-7(2)11-12-9(13)8-3-5-10-6-4-8;/h3-7,11H,1-2H3,(H,12,13);1H. The molecule has 14 heavy (non-hydrogen) atoms. The van der Waals surface area contributed by atoms with Crippen molar-refractivity contribution in [2.24, 2.45) is 0 Å². The molecule has 0 aliphatic rings. The summed E-state index contributed by atoms with van der Waals surface area (Å²) in [7, 11) is 0. The molecule has 0 spiro atoms. The minimum absolute atomic E-state index is 0. The van der Waals surface area contributed by atoms with E-state index in [-0.39, 0.29) is 24.4 Å². The van der Waals surface area contributed by atoms with Crippen LogP contribution in [-0.4, -0.2) is 16.9 Å². The highest BCUT2D eigenvalue weighted by Crippen LogP contribution is 1.94. The normalized spacial score (nSPS) is 9.36. The van der Waals surface area contributed by atoms with Crippen molar-refractivity contribution in [2.75, 3.05) is 0 Å². The number of rotatable bonds is 3. The van der Waals surface area contributed by atoms with E-state index >= 15 is 0 Å². The number of hydrazine groups is 1. The Hall–Kier alpha value is -1.13. The van der Waals surface area contributed by atoms with Gasteiger partial charge in [-0.2, -0.15) is 0 Å². The van der Waals surface area contributed by atoms with Crippen molar-refractivity contribution in [2.45, 2.75) is 19.9 Å². The Morgan fingerprint density at radius 2 is 1.93 bits per heavy atom. The van der Waals surface area contributed by atoms with Crippen LogP contribution in [-0.2, 0) is 0 Å². The molecule has 0 saturated heterocycles. The van der Waals surface area contributed by atoms with Crippen molar-refractivity contribution < 1.29 is 4.79 Å². The summed E-state index contributed by atoms with van der Waals surface area (Å²) in [6.07, 6.45) is 3.18. The zero-order chi connectivity index (χ0) is 9.68. The van der Waals surface area contributed by atoms with Gasteiger partial charge in [0.05, 0.1) is 0 Å². The summed E-state index contributed by atoms with van der Waals surface area (Å²) in [6, 6.07) is 3.56. The molecule has 0 bridgehead atoms. The summed E-state index contributed by atoms with van der Waals surface area (Å²) < 4.78 is 0. The van der Waals surface area contributed by atoms with Gasteiger partial charge < -0.3 is 0 Å². The molecule has 2 N–H and O–H groups in total. The third kappa shape index (κ3) is 4.20. The number of pyridine rings is 1. The number of carbonyl (C=O) groups is 1. The lowest BCUT2D eigenvalue weighted by molar-refractivity contribution is 0.0927. The second kappa shape index (κ2) is 6.34. The Kier molecular flexibility index (Phi) is 5.83. The molecule has 0 aromatic carbocycles. The second-order valence-electron chi connectivity index (χ2n) is 2.99. The van der Waals surface area contributed by atoms with Crippen molar-refractivity contribution in [3.05, 3.63) is 30.1 Å². The number of nitrogens with zero attached hydrogens (tertiary/aromatic N) is 1. The molecular weight excluding hydrogens is 202 g/mol. The fourth-order valence-corrected chi connectivity index (χ4v) is 0.785. The lowest BCUT2D eigenvalue weighted by Crippen LogP contribution is -2.41. The highest BCUT2D eigenvalue weighted by molar-refractivity contribution is 5.93. The zero-order valence-electron chi connectivity index (χ0n) is 8.15. The molecule has 0 atom stereocenters. The quantitative estimate of drug-likeness (QED) is 0.744. The van der Waals surface area contributed by atoms with Crippen LogP contribution in [0.1, 0.15) is 24.2 Å². The molecule has 1 rings (SSSR count). The number of hydrogen-bond donors (Lipinski definition) is 2. The molecule has 5 heteroatoms. The summed E-state index contributed by atoms with van der Waals surface area (Å²) in [6.45, 7) is 3.90. The number of hydrogen-bond acceptors (Lipinski definition) is 3. The van der Waals surface area contributed by atoms with Gasteiger partial charge in [-0.05, 0) is 26.0 Å². The Balaban J connectivity index is 0.00000169. The number of nitrogens with one attached hydrogen (secondary N) is 2. The first-order valence-corrected chi connectivity index (χ1v) is 4.16. The van der Waals surface area contributed by atoms with Gasteiger partial charge in [0.1, 0.15) is 0 Å². The minimum atomic E-state index is -0.142. The summed E-state index contributed by atoms with van der Waals surface area (Å²) in [5, 5.41) is 0. The van der Waals surface area contributed by atoms with Crippen molar-refractivity contribution >= 4 is 18.3 Å². The first-order chi connectivity index (χ1) is 6.20. The van der Waals surface area contributed by atoms with Gasteiger partial charge in [0.25, 0.3) is 5.91 Å². The van der Waals surface area contributed by atoms with Crippen molar-refractivity contribution in [3.8, 4) is 0 Å². The molecule has 0 radical (unpaired) electrons.